The number of carbonyl (C=O) groups is 5. The van der Waals surface area contributed by atoms with Crippen LogP contribution in [-0.2, 0) is 23.9 Å². The Bertz CT molecular complexity index is 1360. The lowest BCUT2D eigenvalue weighted by Crippen LogP contribution is -2.36. The Kier molecular flexibility index (Phi) is 11.3. The highest BCUT2D eigenvalue weighted by atomic mass is 35.5. The molecule has 0 radical (unpaired) electrons. The Labute approximate surface area is 248 Å². The highest BCUT2D eigenvalue weighted by Crippen LogP contribution is 2.37. The summed E-state index contributed by atoms with van der Waals surface area (Å²) in [6.07, 6.45) is 2.02. The van der Waals surface area contributed by atoms with Gasteiger partial charge >= 0.3 is 11.9 Å². The van der Waals surface area contributed by atoms with Crippen molar-refractivity contribution in [3.8, 4) is 5.75 Å². The topological polar surface area (TPSA) is 128 Å². The molecule has 2 aromatic carbocycles. The summed E-state index contributed by atoms with van der Waals surface area (Å²) in [5, 5.41) is 2.18. The summed E-state index contributed by atoms with van der Waals surface area (Å²) in [4.78, 5) is 62.6. The molecular weight excluding hydrogens is 607 g/mol. The van der Waals surface area contributed by atoms with Crippen molar-refractivity contribution in [1.82, 2.24) is 4.90 Å². The Balaban J connectivity index is 1.68. The number of hydrogen-bond acceptors (Lipinski definition) is 9. The van der Waals surface area contributed by atoms with Gasteiger partial charge in [-0.05, 0) is 67.1 Å². The molecule has 0 unspecified atom stereocenters. The second kappa shape index (κ2) is 14.4. The van der Waals surface area contributed by atoms with Crippen LogP contribution in [0.25, 0.3) is 6.08 Å². The summed E-state index contributed by atoms with van der Waals surface area (Å²) in [5.74, 6) is -2.55. The van der Waals surface area contributed by atoms with E-state index in [4.69, 9.17) is 49.0 Å². The normalized spacial score (nSPS) is 13.9. The van der Waals surface area contributed by atoms with Crippen LogP contribution < -0.4 is 10.1 Å². The van der Waals surface area contributed by atoms with Crippen LogP contribution in [0.4, 0.5) is 10.5 Å². The van der Waals surface area contributed by atoms with Crippen LogP contribution in [0.1, 0.15) is 36.2 Å². The van der Waals surface area contributed by atoms with E-state index in [0.29, 0.717) is 23.7 Å². The summed E-state index contributed by atoms with van der Waals surface area (Å²) < 4.78 is 15.2. The molecule has 1 aliphatic rings. The van der Waals surface area contributed by atoms with Gasteiger partial charge in [0.1, 0.15) is 6.54 Å². The van der Waals surface area contributed by atoms with E-state index in [-0.39, 0.29) is 50.2 Å². The third kappa shape index (κ3) is 8.14. The minimum Gasteiger partial charge on any atom is -0.479 e. The molecule has 1 fully saturated rings. The number of amides is 3. The molecule has 3 amide bonds. The Morgan fingerprint density at radius 1 is 1.00 bits per heavy atom. The molecule has 1 heterocycles. The highest BCUT2D eigenvalue weighted by Gasteiger charge is 2.36. The molecule has 0 saturated carbocycles. The fraction of sp³-hybridized carbons (Fsp3) is 0.269. The van der Waals surface area contributed by atoms with E-state index in [1.807, 2.05) is 6.92 Å². The molecule has 0 atom stereocenters. The molecule has 10 nitrogen and oxygen atoms in total. The molecule has 212 valence electrons. The lowest BCUT2D eigenvalue weighted by molar-refractivity contribution is -0.145. The largest absolute Gasteiger partial charge is 0.479 e. The molecule has 1 saturated heterocycles. The first-order valence-corrected chi connectivity index (χ1v) is 13.8. The fourth-order valence-corrected chi connectivity index (χ4v) is 4.94. The predicted molar refractivity (Wildman–Crippen MR) is 152 cm³/mol. The number of anilines is 1. The van der Waals surface area contributed by atoms with Crippen molar-refractivity contribution in [1.29, 1.82) is 0 Å². The summed E-state index contributed by atoms with van der Waals surface area (Å²) in [5.41, 5.74) is 0.684. The lowest BCUT2D eigenvalue weighted by atomic mass is 10.2. The number of imide groups is 1. The third-order valence-corrected chi connectivity index (χ3v) is 6.84. The van der Waals surface area contributed by atoms with Gasteiger partial charge in [0.2, 0.25) is 5.91 Å². The molecule has 0 aromatic heterocycles. The smallest absolute Gasteiger partial charge is 0.344 e. The van der Waals surface area contributed by atoms with Crippen LogP contribution in [0.2, 0.25) is 15.1 Å². The number of hydrogen-bond donors (Lipinski definition) is 1. The monoisotopic (exact) mass is 628 g/mol. The molecule has 1 N–H and O–H groups in total. The Hall–Kier alpha value is -3.25. The van der Waals surface area contributed by atoms with Crippen molar-refractivity contribution in [3.63, 3.8) is 0 Å². The van der Waals surface area contributed by atoms with Crippen LogP contribution in [0, 0.1) is 0 Å². The first-order chi connectivity index (χ1) is 19.0. The minimum atomic E-state index is -0.694. The van der Waals surface area contributed by atoms with Crippen molar-refractivity contribution < 1.29 is 38.2 Å². The zero-order chi connectivity index (χ0) is 29.4. The van der Waals surface area contributed by atoms with Crippen molar-refractivity contribution in [2.45, 2.75) is 20.3 Å². The van der Waals surface area contributed by atoms with Crippen molar-refractivity contribution in [2.24, 2.45) is 0 Å². The maximum Gasteiger partial charge on any atom is 0.344 e. The van der Waals surface area contributed by atoms with E-state index < -0.39 is 42.1 Å². The number of esters is 2. The number of nitrogens with one attached hydrogen (secondary N) is 1. The van der Waals surface area contributed by atoms with E-state index in [9.17, 15) is 24.0 Å². The summed E-state index contributed by atoms with van der Waals surface area (Å²) >= 11 is 19.2. The molecule has 1 aliphatic heterocycles. The van der Waals surface area contributed by atoms with E-state index in [1.165, 1.54) is 36.4 Å². The minimum absolute atomic E-state index is 0.0394. The van der Waals surface area contributed by atoms with Gasteiger partial charge < -0.3 is 19.5 Å². The summed E-state index contributed by atoms with van der Waals surface area (Å²) in [6, 6.07) is 7.13. The van der Waals surface area contributed by atoms with E-state index in [2.05, 4.69) is 5.32 Å². The molecule has 2 aromatic rings. The van der Waals surface area contributed by atoms with Gasteiger partial charge in [-0.15, -0.1) is 0 Å². The van der Waals surface area contributed by atoms with Crippen molar-refractivity contribution >= 4 is 87.3 Å². The number of nitrogens with zero attached hydrogens (tertiary/aromatic N) is 1. The fourth-order valence-electron chi connectivity index (χ4n) is 3.30. The SMILES string of the molecule is CCCOC(=O)c1cc(NC(=O)CN2C(=O)S/C(=C\c3cc(Cl)c(OCC(=O)OCC)c(Cl)c3)C2=O)ccc1Cl. The Morgan fingerprint density at radius 2 is 1.70 bits per heavy atom. The van der Waals surface area contributed by atoms with Gasteiger partial charge in [-0.3, -0.25) is 19.3 Å². The maximum absolute atomic E-state index is 12.9. The Morgan fingerprint density at radius 3 is 2.35 bits per heavy atom. The van der Waals surface area contributed by atoms with Gasteiger partial charge in [0, 0.05) is 5.69 Å². The average Bonchev–Trinajstić information content (AvgIpc) is 3.15. The molecule has 14 heteroatoms. The molecular formula is C26H23Cl3N2O8S. The van der Waals surface area contributed by atoms with Crippen molar-refractivity contribution in [3.05, 3.63) is 61.4 Å². The van der Waals surface area contributed by atoms with Crippen molar-refractivity contribution in [2.75, 3.05) is 31.7 Å². The molecule has 3 rings (SSSR count). The molecule has 40 heavy (non-hydrogen) atoms. The van der Waals surface area contributed by atoms with Crippen LogP contribution in [0.3, 0.4) is 0 Å². The molecule has 0 aliphatic carbocycles. The standard InChI is InChI=1S/C26H23Cl3N2O8S/c1-3-7-38-25(35)16-11-15(5-6-17(16)27)30-21(32)12-31-24(34)20(40-26(31)36)10-14-8-18(28)23(19(29)9-14)39-13-22(33)37-4-2/h5-6,8-11H,3-4,7,12-13H2,1-2H3,(H,30,32)/b20-10-. The van der Waals surface area contributed by atoms with Gasteiger partial charge in [0.15, 0.2) is 12.4 Å². The first kappa shape index (κ1) is 31.3. The molecule has 0 spiro atoms. The predicted octanol–water partition coefficient (Wildman–Crippen LogP) is 5.83. The number of ether oxygens (including phenoxy) is 3. The number of thioether (sulfide) groups is 1. The van der Waals surface area contributed by atoms with Gasteiger partial charge in [0.25, 0.3) is 11.1 Å². The third-order valence-electron chi connectivity index (χ3n) is 5.04. The number of carbonyl (C=O) groups excluding carboxylic acids is 5. The molecule has 0 bridgehead atoms. The second-order valence-corrected chi connectivity index (χ2v) is 10.3. The van der Waals surface area contributed by atoms with Crippen LogP contribution >= 0.6 is 46.6 Å². The van der Waals surface area contributed by atoms with Gasteiger partial charge in [0.05, 0.1) is 38.8 Å². The first-order valence-electron chi connectivity index (χ1n) is 11.8. The highest BCUT2D eigenvalue weighted by molar-refractivity contribution is 8.18. The average molecular weight is 630 g/mol. The number of rotatable bonds is 11. The van der Waals surface area contributed by atoms with Crippen LogP contribution in [0.5, 0.6) is 5.75 Å². The summed E-state index contributed by atoms with van der Waals surface area (Å²) in [7, 11) is 0. The van der Waals surface area contributed by atoms with Gasteiger partial charge in [-0.2, -0.15) is 0 Å². The maximum atomic E-state index is 12.9. The van der Waals surface area contributed by atoms with Gasteiger partial charge in [-0.25, -0.2) is 9.59 Å². The zero-order valence-electron chi connectivity index (χ0n) is 21.3. The quantitative estimate of drug-likeness (QED) is 0.241. The van der Waals surface area contributed by atoms with Gasteiger partial charge in [-0.1, -0.05) is 41.7 Å². The lowest BCUT2D eigenvalue weighted by Gasteiger charge is -2.13. The zero-order valence-corrected chi connectivity index (χ0v) is 24.3. The second-order valence-electron chi connectivity index (χ2n) is 8.05. The number of halogens is 3. The number of benzene rings is 2. The van der Waals surface area contributed by atoms with E-state index in [0.717, 1.165) is 4.90 Å². The van der Waals surface area contributed by atoms with E-state index >= 15 is 0 Å². The summed E-state index contributed by atoms with van der Waals surface area (Å²) in [6.45, 7) is 2.94. The van der Waals surface area contributed by atoms with Crippen LogP contribution in [-0.4, -0.2) is 60.3 Å². The van der Waals surface area contributed by atoms with E-state index in [1.54, 1.807) is 6.92 Å². The van der Waals surface area contributed by atoms with Crippen LogP contribution in [0.15, 0.2) is 35.2 Å².